The monoisotopic (exact) mass is 417 g/mol. The number of hydrogen-bond acceptors (Lipinski definition) is 6. The molecule has 1 aliphatic carbocycles. The minimum absolute atomic E-state index is 0.0149. The lowest BCUT2D eigenvalue weighted by atomic mass is 10.0. The van der Waals surface area contributed by atoms with Crippen LogP contribution in [0.3, 0.4) is 0 Å². The second kappa shape index (κ2) is 9.78. The van der Waals surface area contributed by atoms with E-state index in [1.807, 2.05) is 24.4 Å². The van der Waals surface area contributed by atoms with Crippen molar-refractivity contribution in [1.29, 1.82) is 0 Å². The number of rotatable bonds is 8. The Labute approximate surface area is 175 Å². The molecule has 1 N–H and O–H groups in total. The van der Waals surface area contributed by atoms with Crippen LogP contribution in [-0.4, -0.2) is 32.7 Å². The number of anilines is 1. The van der Waals surface area contributed by atoms with E-state index in [4.69, 9.17) is 14.2 Å². The first-order valence-electron chi connectivity index (χ1n) is 9.90. The van der Waals surface area contributed by atoms with Crippen molar-refractivity contribution in [2.24, 2.45) is 5.92 Å². The van der Waals surface area contributed by atoms with Gasteiger partial charge < -0.3 is 19.5 Å². The van der Waals surface area contributed by atoms with Crippen LogP contribution in [0, 0.1) is 5.92 Å². The molecule has 0 aliphatic heterocycles. The first kappa shape index (κ1) is 21.2. The van der Waals surface area contributed by atoms with E-state index in [1.165, 1.54) is 11.3 Å². The number of hydrogen-bond donors (Lipinski definition) is 1. The molecule has 1 amide bonds. The van der Waals surface area contributed by atoms with Gasteiger partial charge in [-0.1, -0.05) is 25.8 Å². The molecule has 0 saturated heterocycles. The number of nitrogens with one attached hydrogen (secondary N) is 1. The van der Waals surface area contributed by atoms with Crippen molar-refractivity contribution in [2.45, 2.75) is 39.0 Å². The summed E-state index contributed by atoms with van der Waals surface area (Å²) < 4.78 is 16.1. The smallest absolute Gasteiger partial charge is 0.341 e. The van der Waals surface area contributed by atoms with Gasteiger partial charge in [0, 0.05) is 16.9 Å². The topological polar surface area (TPSA) is 73.9 Å². The molecule has 0 bridgehead atoms. The van der Waals surface area contributed by atoms with E-state index < -0.39 is 5.97 Å². The highest BCUT2D eigenvalue weighted by atomic mass is 32.1. The van der Waals surface area contributed by atoms with Gasteiger partial charge in [-0.3, -0.25) is 4.79 Å². The van der Waals surface area contributed by atoms with Crippen LogP contribution in [0.15, 0.2) is 23.6 Å². The average molecular weight is 418 g/mol. The largest absolute Gasteiger partial charge is 0.493 e. The van der Waals surface area contributed by atoms with Crippen LogP contribution in [0.2, 0.25) is 0 Å². The molecule has 1 heterocycles. The molecule has 1 aromatic carbocycles. The minimum Gasteiger partial charge on any atom is -0.493 e. The van der Waals surface area contributed by atoms with E-state index in [1.54, 1.807) is 20.3 Å². The number of esters is 1. The standard InChI is InChI=1S/C22H27NO5S/c1-4-11-28-22(25)19-16(15-9-10-17(26-2)18(12-15)27-3)13-29-21(19)23-20(24)14-7-5-6-8-14/h9-10,12-14H,4-8,11H2,1-3H3,(H,23,24). The highest BCUT2D eigenvalue weighted by Gasteiger charge is 2.27. The molecule has 0 spiro atoms. The fraction of sp³-hybridized carbons (Fsp3) is 0.455. The Kier molecular flexibility index (Phi) is 7.14. The summed E-state index contributed by atoms with van der Waals surface area (Å²) in [5.74, 6) is 0.741. The zero-order chi connectivity index (χ0) is 20.8. The average Bonchev–Trinajstić information content (AvgIpc) is 3.41. The van der Waals surface area contributed by atoms with Gasteiger partial charge >= 0.3 is 5.97 Å². The summed E-state index contributed by atoms with van der Waals surface area (Å²) in [4.78, 5) is 25.5. The molecule has 1 saturated carbocycles. The summed E-state index contributed by atoms with van der Waals surface area (Å²) in [6.45, 7) is 2.27. The van der Waals surface area contributed by atoms with Crippen LogP contribution in [0.5, 0.6) is 11.5 Å². The second-order valence-electron chi connectivity index (χ2n) is 7.03. The van der Waals surface area contributed by atoms with E-state index in [-0.39, 0.29) is 11.8 Å². The van der Waals surface area contributed by atoms with Crippen molar-refractivity contribution >= 4 is 28.2 Å². The van der Waals surface area contributed by atoms with Crippen LogP contribution < -0.4 is 14.8 Å². The molecule has 1 fully saturated rings. The Hall–Kier alpha value is -2.54. The van der Waals surface area contributed by atoms with Crippen LogP contribution in [-0.2, 0) is 9.53 Å². The Morgan fingerprint density at radius 2 is 1.86 bits per heavy atom. The fourth-order valence-corrected chi connectivity index (χ4v) is 4.50. The van der Waals surface area contributed by atoms with Crippen LogP contribution >= 0.6 is 11.3 Å². The molecule has 0 unspecified atom stereocenters. The quantitative estimate of drug-likeness (QED) is 0.603. The summed E-state index contributed by atoms with van der Waals surface area (Å²) in [5, 5.41) is 5.38. The van der Waals surface area contributed by atoms with Crippen molar-refractivity contribution in [3.8, 4) is 22.6 Å². The van der Waals surface area contributed by atoms with Gasteiger partial charge in [0.1, 0.15) is 10.6 Å². The number of carbonyl (C=O) groups excluding carboxylic acids is 2. The van der Waals surface area contributed by atoms with E-state index in [2.05, 4.69) is 5.32 Å². The van der Waals surface area contributed by atoms with E-state index in [0.29, 0.717) is 34.2 Å². The zero-order valence-electron chi connectivity index (χ0n) is 17.1. The van der Waals surface area contributed by atoms with Gasteiger partial charge in [0.25, 0.3) is 0 Å². The van der Waals surface area contributed by atoms with E-state index >= 15 is 0 Å². The Balaban J connectivity index is 1.97. The Morgan fingerprint density at radius 1 is 1.14 bits per heavy atom. The highest BCUT2D eigenvalue weighted by Crippen LogP contribution is 2.40. The lowest BCUT2D eigenvalue weighted by Gasteiger charge is -2.13. The van der Waals surface area contributed by atoms with Gasteiger partial charge in [0.15, 0.2) is 11.5 Å². The van der Waals surface area contributed by atoms with Crippen LogP contribution in [0.1, 0.15) is 49.4 Å². The Morgan fingerprint density at radius 3 is 2.52 bits per heavy atom. The number of amides is 1. The number of methoxy groups -OCH3 is 2. The SMILES string of the molecule is CCCOC(=O)c1c(-c2ccc(OC)c(OC)c2)csc1NC(=O)C1CCCC1. The van der Waals surface area contributed by atoms with Gasteiger partial charge in [0.2, 0.25) is 5.91 Å². The molecular weight excluding hydrogens is 390 g/mol. The molecule has 7 heteroatoms. The highest BCUT2D eigenvalue weighted by molar-refractivity contribution is 7.15. The number of thiophene rings is 1. The summed E-state index contributed by atoms with van der Waals surface area (Å²) in [6, 6.07) is 5.48. The molecule has 29 heavy (non-hydrogen) atoms. The maximum absolute atomic E-state index is 12.8. The molecule has 0 atom stereocenters. The third kappa shape index (κ3) is 4.72. The molecule has 2 aromatic rings. The summed E-state index contributed by atoms with van der Waals surface area (Å²) >= 11 is 1.34. The van der Waals surface area contributed by atoms with Crippen LogP contribution in [0.25, 0.3) is 11.1 Å². The van der Waals surface area contributed by atoms with E-state index in [0.717, 1.165) is 37.7 Å². The predicted molar refractivity (Wildman–Crippen MR) is 114 cm³/mol. The molecule has 0 radical (unpaired) electrons. The van der Waals surface area contributed by atoms with Gasteiger partial charge in [-0.15, -0.1) is 11.3 Å². The number of carbonyl (C=O) groups is 2. The summed E-state index contributed by atoms with van der Waals surface area (Å²) in [7, 11) is 3.14. The zero-order valence-corrected chi connectivity index (χ0v) is 17.9. The molecule has 6 nitrogen and oxygen atoms in total. The second-order valence-corrected chi connectivity index (χ2v) is 7.91. The third-order valence-corrected chi connectivity index (χ3v) is 5.99. The van der Waals surface area contributed by atoms with Crippen molar-refractivity contribution in [3.63, 3.8) is 0 Å². The maximum atomic E-state index is 12.8. The molecular formula is C22H27NO5S. The molecule has 1 aliphatic rings. The number of benzene rings is 1. The summed E-state index contributed by atoms with van der Waals surface area (Å²) in [5.41, 5.74) is 1.89. The van der Waals surface area contributed by atoms with Gasteiger partial charge in [-0.2, -0.15) is 0 Å². The molecule has 1 aromatic heterocycles. The Bertz CT molecular complexity index is 870. The molecule has 3 rings (SSSR count). The van der Waals surface area contributed by atoms with Crippen molar-refractivity contribution < 1.29 is 23.8 Å². The maximum Gasteiger partial charge on any atom is 0.341 e. The number of ether oxygens (including phenoxy) is 3. The summed E-state index contributed by atoms with van der Waals surface area (Å²) in [6.07, 6.45) is 4.67. The van der Waals surface area contributed by atoms with E-state index in [9.17, 15) is 9.59 Å². The van der Waals surface area contributed by atoms with Crippen molar-refractivity contribution in [3.05, 3.63) is 29.1 Å². The molecule has 156 valence electrons. The van der Waals surface area contributed by atoms with Gasteiger partial charge in [-0.05, 0) is 37.0 Å². The third-order valence-electron chi connectivity index (χ3n) is 5.09. The lowest BCUT2D eigenvalue weighted by Crippen LogP contribution is -2.21. The van der Waals surface area contributed by atoms with Crippen LogP contribution in [0.4, 0.5) is 5.00 Å². The van der Waals surface area contributed by atoms with Crippen molar-refractivity contribution in [2.75, 3.05) is 26.1 Å². The van der Waals surface area contributed by atoms with Gasteiger partial charge in [-0.25, -0.2) is 4.79 Å². The predicted octanol–water partition coefficient (Wildman–Crippen LogP) is 5.13. The van der Waals surface area contributed by atoms with Gasteiger partial charge in [0.05, 0.1) is 20.8 Å². The minimum atomic E-state index is -0.431. The fourth-order valence-electron chi connectivity index (χ4n) is 3.54. The lowest BCUT2D eigenvalue weighted by molar-refractivity contribution is -0.119. The first-order valence-corrected chi connectivity index (χ1v) is 10.8. The normalized spacial score (nSPS) is 13.9. The first-order chi connectivity index (χ1) is 14.1. The van der Waals surface area contributed by atoms with Crippen molar-refractivity contribution in [1.82, 2.24) is 0 Å².